The van der Waals surface area contributed by atoms with Crippen molar-refractivity contribution >= 4 is 22.2 Å². The molecule has 1 amide bonds. The second-order valence-electron chi connectivity index (χ2n) is 7.43. The molecule has 1 aromatic carbocycles. The van der Waals surface area contributed by atoms with Crippen molar-refractivity contribution in [1.29, 1.82) is 0 Å². The lowest BCUT2D eigenvalue weighted by molar-refractivity contribution is -0.133. The highest BCUT2D eigenvalue weighted by molar-refractivity contribution is 7.15. The predicted molar refractivity (Wildman–Crippen MR) is 102 cm³/mol. The van der Waals surface area contributed by atoms with Crippen molar-refractivity contribution in [2.45, 2.75) is 26.7 Å². The molecule has 0 spiro atoms. The van der Waals surface area contributed by atoms with Gasteiger partial charge in [-0.1, -0.05) is 13.8 Å². The Labute approximate surface area is 156 Å². The fourth-order valence-electron chi connectivity index (χ4n) is 3.85. The molecule has 0 radical (unpaired) electrons. The molecule has 1 fully saturated rings. The first-order valence-electron chi connectivity index (χ1n) is 8.99. The van der Waals surface area contributed by atoms with Gasteiger partial charge in [-0.2, -0.15) is 0 Å². The monoisotopic (exact) mass is 371 g/mol. The van der Waals surface area contributed by atoms with Gasteiger partial charge < -0.3 is 4.90 Å². The van der Waals surface area contributed by atoms with Crippen molar-refractivity contribution in [3.63, 3.8) is 0 Å². The zero-order valence-electron chi connectivity index (χ0n) is 15.0. The fraction of sp³-hybridized carbons (Fsp3) is 0.400. The van der Waals surface area contributed by atoms with Gasteiger partial charge in [-0.05, 0) is 42.5 Å². The Morgan fingerprint density at radius 1 is 1.23 bits per heavy atom. The Balaban J connectivity index is 1.55. The number of benzene rings is 1. The molecule has 2 aromatic heterocycles. The zero-order chi connectivity index (χ0) is 18.3. The van der Waals surface area contributed by atoms with Crippen LogP contribution >= 0.6 is 11.3 Å². The summed E-state index contributed by atoms with van der Waals surface area (Å²) in [5.41, 5.74) is 2.63. The summed E-state index contributed by atoms with van der Waals surface area (Å²) in [7, 11) is 0. The van der Waals surface area contributed by atoms with E-state index in [1.165, 1.54) is 29.9 Å². The maximum atomic E-state index is 13.1. The van der Waals surface area contributed by atoms with Gasteiger partial charge in [-0.15, -0.1) is 11.3 Å². The van der Waals surface area contributed by atoms with Gasteiger partial charge in [0.25, 0.3) is 0 Å². The van der Waals surface area contributed by atoms with Crippen LogP contribution in [0.25, 0.3) is 16.2 Å². The van der Waals surface area contributed by atoms with Gasteiger partial charge in [-0.25, -0.2) is 9.37 Å². The molecule has 0 aliphatic carbocycles. The van der Waals surface area contributed by atoms with E-state index in [1.54, 1.807) is 12.1 Å². The first-order chi connectivity index (χ1) is 12.5. The van der Waals surface area contributed by atoms with Gasteiger partial charge in [0.05, 0.1) is 12.1 Å². The summed E-state index contributed by atoms with van der Waals surface area (Å²) in [5.74, 6) is 1.04. The molecule has 2 atom stereocenters. The number of fused-ring (bicyclic) bond motifs is 1. The van der Waals surface area contributed by atoms with Gasteiger partial charge in [-0.3, -0.25) is 9.20 Å². The molecule has 4 rings (SSSR count). The zero-order valence-corrected chi connectivity index (χ0v) is 15.8. The van der Waals surface area contributed by atoms with Crippen molar-refractivity contribution in [1.82, 2.24) is 14.3 Å². The van der Waals surface area contributed by atoms with Crippen LogP contribution in [-0.4, -0.2) is 33.3 Å². The standard InChI is InChI=1S/C20H22FN3OS/c1-13-7-14(2)10-23(9-13)19(25)8-17-12-26-20-22-18(11-24(17)20)15-3-5-16(21)6-4-15/h3-6,11-14H,7-10H2,1-2H3. The van der Waals surface area contributed by atoms with Crippen LogP contribution in [0.1, 0.15) is 26.0 Å². The number of rotatable bonds is 3. The van der Waals surface area contributed by atoms with Crippen LogP contribution in [-0.2, 0) is 11.2 Å². The third kappa shape index (κ3) is 3.38. The number of hydrogen-bond donors (Lipinski definition) is 0. The molecule has 0 N–H and O–H groups in total. The largest absolute Gasteiger partial charge is 0.342 e. The smallest absolute Gasteiger partial charge is 0.228 e. The minimum Gasteiger partial charge on any atom is -0.342 e. The number of likely N-dealkylation sites (tertiary alicyclic amines) is 1. The van der Waals surface area contributed by atoms with E-state index < -0.39 is 0 Å². The SMILES string of the molecule is CC1CC(C)CN(C(=O)Cc2csc3nc(-c4ccc(F)cc4)cn23)C1. The predicted octanol–water partition coefficient (Wildman–Crippen LogP) is 4.25. The van der Waals surface area contributed by atoms with Crippen LogP contribution in [0, 0.1) is 17.7 Å². The molecule has 0 bridgehead atoms. The first kappa shape index (κ1) is 17.2. The van der Waals surface area contributed by atoms with Crippen molar-refractivity contribution in [2.75, 3.05) is 13.1 Å². The highest BCUT2D eigenvalue weighted by Gasteiger charge is 2.26. The maximum Gasteiger partial charge on any atom is 0.228 e. The fourth-order valence-corrected chi connectivity index (χ4v) is 4.72. The Morgan fingerprint density at radius 3 is 2.62 bits per heavy atom. The number of piperidine rings is 1. The molecule has 1 saturated heterocycles. The minimum absolute atomic E-state index is 0.181. The van der Waals surface area contributed by atoms with Crippen LogP contribution in [0.4, 0.5) is 4.39 Å². The van der Waals surface area contributed by atoms with Crippen molar-refractivity contribution in [3.8, 4) is 11.3 Å². The number of imidazole rings is 1. The highest BCUT2D eigenvalue weighted by Crippen LogP contribution is 2.25. The summed E-state index contributed by atoms with van der Waals surface area (Å²) in [6.07, 6.45) is 3.51. The van der Waals surface area contributed by atoms with E-state index in [0.29, 0.717) is 18.3 Å². The van der Waals surface area contributed by atoms with E-state index in [0.717, 1.165) is 35.0 Å². The van der Waals surface area contributed by atoms with Gasteiger partial charge in [0.2, 0.25) is 5.91 Å². The second kappa shape index (κ2) is 6.83. The minimum atomic E-state index is -0.258. The average Bonchev–Trinajstić information content (AvgIpc) is 3.16. The van der Waals surface area contributed by atoms with Crippen LogP contribution in [0.2, 0.25) is 0 Å². The molecule has 6 heteroatoms. The topological polar surface area (TPSA) is 37.6 Å². The number of carbonyl (C=O) groups excluding carboxylic acids is 1. The van der Waals surface area contributed by atoms with E-state index in [-0.39, 0.29) is 11.7 Å². The van der Waals surface area contributed by atoms with Gasteiger partial charge in [0.15, 0.2) is 4.96 Å². The number of amides is 1. The van der Waals surface area contributed by atoms with E-state index in [4.69, 9.17) is 0 Å². The lowest BCUT2D eigenvalue weighted by Crippen LogP contribution is -2.43. The third-order valence-corrected chi connectivity index (χ3v) is 5.87. The summed E-state index contributed by atoms with van der Waals surface area (Å²) in [5, 5.41) is 2.01. The maximum absolute atomic E-state index is 13.1. The molecule has 3 heterocycles. The summed E-state index contributed by atoms with van der Waals surface area (Å²) < 4.78 is 15.1. The first-order valence-corrected chi connectivity index (χ1v) is 9.86. The molecular formula is C20H22FN3OS. The number of halogens is 1. The Bertz CT molecular complexity index is 920. The van der Waals surface area contributed by atoms with Crippen molar-refractivity contribution in [3.05, 3.63) is 47.4 Å². The number of aromatic nitrogens is 2. The lowest BCUT2D eigenvalue weighted by atomic mass is 9.91. The number of nitrogens with zero attached hydrogens (tertiary/aromatic N) is 3. The molecule has 2 unspecified atom stereocenters. The van der Waals surface area contributed by atoms with E-state index >= 15 is 0 Å². The van der Waals surface area contributed by atoms with Crippen LogP contribution in [0.15, 0.2) is 35.8 Å². The molecule has 3 aromatic rings. The van der Waals surface area contributed by atoms with E-state index in [2.05, 4.69) is 18.8 Å². The Hall–Kier alpha value is -2.21. The number of hydrogen-bond acceptors (Lipinski definition) is 3. The molecule has 1 aliphatic heterocycles. The van der Waals surface area contributed by atoms with Gasteiger partial charge >= 0.3 is 0 Å². The van der Waals surface area contributed by atoms with Crippen molar-refractivity contribution in [2.24, 2.45) is 11.8 Å². The van der Waals surface area contributed by atoms with E-state index in [1.807, 2.05) is 20.9 Å². The van der Waals surface area contributed by atoms with Crippen molar-refractivity contribution < 1.29 is 9.18 Å². The number of thiazole rings is 1. The van der Waals surface area contributed by atoms with Crippen LogP contribution < -0.4 is 0 Å². The highest BCUT2D eigenvalue weighted by atomic mass is 32.1. The molecular weight excluding hydrogens is 349 g/mol. The summed E-state index contributed by atoms with van der Waals surface area (Å²) in [6, 6.07) is 6.32. The molecule has 4 nitrogen and oxygen atoms in total. The Kier molecular flexibility index (Phi) is 4.53. The third-order valence-electron chi connectivity index (χ3n) is 4.98. The van der Waals surface area contributed by atoms with Crippen LogP contribution in [0.3, 0.4) is 0 Å². The average molecular weight is 371 g/mol. The summed E-state index contributed by atoms with van der Waals surface area (Å²) in [4.78, 5) is 20.2. The molecule has 136 valence electrons. The molecule has 0 saturated carbocycles. The molecule has 26 heavy (non-hydrogen) atoms. The van der Waals surface area contributed by atoms with E-state index in [9.17, 15) is 9.18 Å². The lowest BCUT2D eigenvalue weighted by Gasteiger charge is -2.35. The number of carbonyl (C=O) groups is 1. The quantitative estimate of drug-likeness (QED) is 0.690. The summed E-state index contributed by atoms with van der Waals surface area (Å²) >= 11 is 1.53. The molecule has 1 aliphatic rings. The Morgan fingerprint density at radius 2 is 1.92 bits per heavy atom. The van der Waals surface area contributed by atoms with Gasteiger partial charge in [0.1, 0.15) is 5.82 Å². The normalized spacial score (nSPS) is 20.7. The second-order valence-corrected chi connectivity index (χ2v) is 8.27. The van der Waals surface area contributed by atoms with Gasteiger partial charge in [0, 0.05) is 35.9 Å². The van der Waals surface area contributed by atoms with Crippen LogP contribution in [0.5, 0.6) is 0 Å². The summed E-state index contributed by atoms with van der Waals surface area (Å²) in [6.45, 7) is 6.12.